The molecule has 0 spiro atoms. The Morgan fingerprint density at radius 1 is 1.32 bits per heavy atom. The lowest BCUT2D eigenvalue weighted by atomic mass is 9.96. The van der Waals surface area contributed by atoms with Crippen molar-refractivity contribution < 1.29 is 10.2 Å². The molecule has 0 bridgehead atoms. The van der Waals surface area contributed by atoms with Gasteiger partial charge in [-0.05, 0) is 42.5 Å². The second-order valence-electron chi connectivity index (χ2n) is 10.4. The fourth-order valence-electron chi connectivity index (χ4n) is 4.01. The first-order valence-corrected chi connectivity index (χ1v) is 12.3. The Labute approximate surface area is 221 Å². The molecule has 2 aromatic heterocycles. The number of hydrogen-bond acceptors (Lipinski definition) is 7. The molecule has 1 aliphatic carbocycles. The number of terminal acetylenes is 1. The van der Waals surface area contributed by atoms with Crippen molar-refractivity contribution in [2.75, 3.05) is 17.2 Å². The van der Waals surface area contributed by atoms with Crippen LogP contribution in [0.4, 0.5) is 20.2 Å². The molecule has 5 rings (SSSR count). The average Bonchev–Trinajstić information content (AvgIpc) is 3.57. The normalized spacial score (nSPS) is 17.5. The highest BCUT2D eigenvalue weighted by atomic mass is 35.5. The van der Waals surface area contributed by atoms with Gasteiger partial charge in [0.25, 0.3) is 0 Å². The zero-order valence-corrected chi connectivity index (χ0v) is 21.5. The van der Waals surface area contributed by atoms with Gasteiger partial charge in [-0.1, -0.05) is 38.3 Å². The van der Waals surface area contributed by atoms with E-state index in [0.717, 1.165) is 18.9 Å². The molecule has 1 saturated carbocycles. The van der Waals surface area contributed by atoms with Crippen molar-refractivity contribution in [2.24, 2.45) is 5.41 Å². The van der Waals surface area contributed by atoms with Crippen LogP contribution in [0.1, 0.15) is 52.1 Å². The first-order valence-electron chi connectivity index (χ1n) is 12.4. The summed E-state index contributed by atoms with van der Waals surface area (Å²) in [6.45, 7) is 6.92. The minimum absolute atomic E-state index is 0.0361. The van der Waals surface area contributed by atoms with Crippen molar-refractivity contribution in [2.45, 2.75) is 45.7 Å². The summed E-state index contributed by atoms with van der Waals surface area (Å²) in [7, 11) is 0. The molecule has 192 valence electrons. The van der Waals surface area contributed by atoms with Gasteiger partial charge in [-0.3, -0.25) is 9.99 Å². The highest BCUT2D eigenvalue weighted by Gasteiger charge is 2.33. The Hall–Kier alpha value is -3.61. The van der Waals surface area contributed by atoms with E-state index in [2.05, 4.69) is 58.3 Å². The van der Waals surface area contributed by atoms with E-state index in [1.54, 1.807) is 24.5 Å². The van der Waals surface area contributed by atoms with Crippen molar-refractivity contribution in [3.63, 3.8) is 0 Å². The molecular weight excluding hydrogens is 496 g/mol. The number of fused-ring (bicyclic) bond motifs is 1. The van der Waals surface area contributed by atoms with Crippen LogP contribution in [0.5, 0.6) is 0 Å². The number of rotatable bonds is 7. The maximum absolute atomic E-state index is 15.0. The van der Waals surface area contributed by atoms with Gasteiger partial charge in [0.2, 0.25) is 11.9 Å². The van der Waals surface area contributed by atoms with E-state index in [1.165, 1.54) is 6.07 Å². The Bertz CT molecular complexity index is 1480. The molecule has 1 aliphatic heterocycles. The number of aromatic nitrogens is 2. The molecule has 2 aliphatic rings. The first kappa shape index (κ1) is 23.8. The van der Waals surface area contributed by atoms with Crippen LogP contribution in [0.15, 0.2) is 42.4 Å². The van der Waals surface area contributed by atoms with Crippen LogP contribution < -0.4 is 21.6 Å². The maximum Gasteiger partial charge on any atom is 0.221 e. The van der Waals surface area contributed by atoms with Gasteiger partial charge in [-0.25, -0.2) is 0 Å². The predicted molar refractivity (Wildman–Crippen MR) is 142 cm³/mol. The Morgan fingerprint density at radius 2 is 2.11 bits per heavy atom. The van der Waals surface area contributed by atoms with E-state index in [1.807, 2.05) is 5.01 Å². The Kier molecular flexibility index (Phi) is 6.22. The molecule has 0 saturated heterocycles. The van der Waals surface area contributed by atoms with Gasteiger partial charge in [0.05, 0.1) is 34.9 Å². The minimum Gasteiger partial charge on any atom is -0.383 e. The smallest absolute Gasteiger partial charge is 0.221 e. The minimum atomic E-state index is -1.92. The van der Waals surface area contributed by atoms with Crippen LogP contribution in [0.3, 0.4) is 0 Å². The largest absolute Gasteiger partial charge is 0.383 e. The zero-order valence-electron chi connectivity index (χ0n) is 21.7. The molecule has 4 N–H and O–H groups in total. The number of nitrogens with zero attached hydrogens (tertiary/aromatic N) is 3. The third kappa shape index (κ3) is 5.41. The van der Waals surface area contributed by atoms with E-state index in [0.29, 0.717) is 45.1 Å². The number of benzene rings is 1. The van der Waals surface area contributed by atoms with Crippen LogP contribution in [0.25, 0.3) is 10.9 Å². The van der Waals surface area contributed by atoms with Gasteiger partial charge in [0.15, 0.2) is 0 Å². The molecule has 1 fully saturated rings. The number of halogens is 3. The maximum atomic E-state index is 15.0. The third-order valence-corrected chi connectivity index (χ3v) is 6.31. The predicted octanol–water partition coefficient (Wildman–Crippen LogP) is 5.48. The zero-order chi connectivity index (χ0) is 27.2. The van der Waals surface area contributed by atoms with E-state index in [4.69, 9.17) is 18.0 Å². The lowest BCUT2D eigenvalue weighted by Gasteiger charge is -2.23. The highest BCUT2D eigenvalue weighted by Crippen LogP contribution is 2.37. The van der Waals surface area contributed by atoms with Crippen molar-refractivity contribution in [1.29, 1.82) is 0 Å². The SMILES string of the molecule is [2H][C@@](Nc1cc(Cl)c2ncc(C#C)c(NCC(C)(C)C)c2c1)(C1=CN(C2CC2)NN1)c1ccc(F)nc1F. The van der Waals surface area contributed by atoms with Crippen molar-refractivity contribution in [1.82, 2.24) is 25.9 Å². The Balaban J connectivity index is 1.62. The van der Waals surface area contributed by atoms with E-state index in [-0.39, 0.29) is 17.0 Å². The monoisotopic (exact) mass is 524 g/mol. The molecule has 1 aromatic carbocycles. The molecule has 1 atom stereocenters. The summed E-state index contributed by atoms with van der Waals surface area (Å²) in [5.74, 6) is 0.587. The molecule has 3 heterocycles. The second kappa shape index (κ2) is 9.69. The molecule has 0 unspecified atom stereocenters. The third-order valence-electron chi connectivity index (χ3n) is 6.03. The van der Waals surface area contributed by atoms with Gasteiger partial charge in [-0.2, -0.15) is 13.8 Å². The second-order valence-corrected chi connectivity index (χ2v) is 10.8. The lowest BCUT2D eigenvalue weighted by Crippen LogP contribution is -2.38. The van der Waals surface area contributed by atoms with E-state index in [9.17, 15) is 5.76 Å². The number of hydrazine groups is 2. The van der Waals surface area contributed by atoms with Gasteiger partial charge < -0.3 is 16.1 Å². The molecular formula is C27H28ClF2N7. The summed E-state index contributed by atoms with van der Waals surface area (Å²) in [4.78, 5) is 7.77. The fraction of sp³-hybridized carbons (Fsp3) is 0.333. The summed E-state index contributed by atoms with van der Waals surface area (Å²) in [6.07, 6.45) is 11.1. The molecule has 10 heteroatoms. The quantitative estimate of drug-likeness (QED) is 0.241. The van der Waals surface area contributed by atoms with Crippen LogP contribution >= 0.6 is 11.6 Å². The topological polar surface area (TPSA) is 77.1 Å². The van der Waals surface area contributed by atoms with Crippen molar-refractivity contribution >= 4 is 33.9 Å². The molecule has 37 heavy (non-hydrogen) atoms. The van der Waals surface area contributed by atoms with Crippen LogP contribution in [-0.2, 0) is 0 Å². The average molecular weight is 525 g/mol. The van der Waals surface area contributed by atoms with Crippen molar-refractivity contribution in [3.8, 4) is 12.3 Å². The van der Waals surface area contributed by atoms with E-state index < -0.39 is 17.9 Å². The van der Waals surface area contributed by atoms with Crippen LogP contribution in [-0.4, -0.2) is 27.6 Å². The summed E-state index contributed by atoms with van der Waals surface area (Å²) in [6, 6.07) is 3.96. The first-order chi connectivity index (χ1) is 18.0. The Morgan fingerprint density at radius 3 is 2.78 bits per heavy atom. The number of hydrogen-bond donors (Lipinski definition) is 4. The van der Waals surface area contributed by atoms with Crippen LogP contribution in [0, 0.1) is 29.7 Å². The fourth-order valence-corrected chi connectivity index (χ4v) is 4.28. The van der Waals surface area contributed by atoms with Gasteiger partial charge in [0, 0.05) is 41.6 Å². The standard InChI is InChI=1S/C27H28ClF2N7/c1-5-15-12-31-24-19(23(15)32-14-27(2,3)4)10-16(11-20(24)28)33-25(18-8-9-22(29)34-26(18)30)21-13-37(36-35-21)17-6-7-17/h1,8-13,17,25,33,35-36H,6-7,14H2,2-4H3,(H,31,32)/t25-/m0/s1/i25D. The van der Waals surface area contributed by atoms with Crippen LogP contribution in [0.2, 0.25) is 5.02 Å². The lowest BCUT2D eigenvalue weighted by molar-refractivity contribution is 0.260. The number of nitrogens with one attached hydrogen (secondary N) is 4. The highest BCUT2D eigenvalue weighted by molar-refractivity contribution is 6.35. The number of pyridine rings is 2. The summed E-state index contributed by atoms with van der Waals surface area (Å²) in [5.41, 5.74) is 8.23. The van der Waals surface area contributed by atoms with Gasteiger partial charge in [-0.15, -0.1) is 12.0 Å². The number of anilines is 2. The molecule has 0 amide bonds. The molecule has 3 aromatic rings. The van der Waals surface area contributed by atoms with Gasteiger partial charge >= 0.3 is 0 Å². The molecule has 0 radical (unpaired) electrons. The summed E-state index contributed by atoms with van der Waals surface area (Å²) in [5, 5.41) is 9.32. The summed E-state index contributed by atoms with van der Waals surface area (Å²) < 4.78 is 38.1. The van der Waals surface area contributed by atoms with Gasteiger partial charge in [0.1, 0.15) is 0 Å². The van der Waals surface area contributed by atoms with E-state index >= 15 is 4.39 Å². The molecule has 7 nitrogen and oxygen atoms in total. The summed E-state index contributed by atoms with van der Waals surface area (Å²) >= 11 is 6.65. The van der Waals surface area contributed by atoms with Crippen molar-refractivity contribution in [3.05, 3.63) is 70.4 Å².